The average Bonchev–Trinajstić information content (AvgIpc) is 2.94. The highest BCUT2D eigenvalue weighted by atomic mass is 127. The number of nitrogens with zero attached hydrogens (tertiary/aromatic N) is 2. The van der Waals surface area contributed by atoms with E-state index in [1.807, 2.05) is 22.6 Å². The molecule has 3 rings (SSSR count). The van der Waals surface area contributed by atoms with E-state index >= 15 is 0 Å². The highest BCUT2D eigenvalue weighted by Gasteiger charge is 2.34. The summed E-state index contributed by atoms with van der Waals surface area (Å²) in [7, 11) is -4.07. The molecule has 0 radical (unpaired) electrons. The van der Waals surface area contributed by atoms with Crippen LogP contribution in [0.1, 0.15) is 5.56 Å². The Labute approximate surface area is 190 Å². The third kappa shape index (κ3) is 4.90. The maximum absolute atomic E-state index is 14.3. The Kier molecular flexibility index (Phi) is 6.82. The predicted octanol–water partition coefficient (Wildman–Crippen LogP) is 4.93. The third-order valence-corrected chi connectivity index (χ3v) is 7.27. The molecular formula is C19H13ClFIN2O3S2. The van der Waals surface area contributed by atoms with Gasteiger partial charge in [-0.1, -0.05) is 29.8 Å². The number of rotatable bonds is 5. The first-order valence-electron chi connectivity index (χ1n) is 8.10. The molecule has 0 spiro atoms. The van der Waals surface area contributed by atoms with Crippen molar-refractivity contribution in [3.05, 3.63) is 80.0 Å². The first-order valence-corrected chi connectivity index (χ1v) is 11.8. The molecule has 1 amide bonds. The van der Waals surface area contributed by atoms with Gasteiger partial charge in [0.25, 0.3) is 15.9 Å². The van der Waals surface area contributed by atoms with Gasteiger partial charge in [0.15, 0.2) is 5.17 Å². The molecule has 0 atom stereocenters. The van der Waals surface area contributed by atoms with Crippen LogP contribution in [0.15, 0.2) is 69.3 Å². The van der Waals surface area contributed by atoms with Crippen LogP contribution in [0.2, 0.25) is 5.02 Å². The summed E-state index contributed by atoms with van der Waals surface area (Å²) in [5.74, 6) is -0.929. The summed E-state index contributed by atoms with van der Waals surface area (Å²) < 4.78 is 43.8. The van der Waals surface area contributed by atoms with Crippen molar-refractivity contribution in [1.82, 2.24) is 4.90 Å². The molecule has 0 unspecified atom stereocenters. The third-order valence-electron chi connectivity index (χ3n) is 3.78. The number of carbonyl (C=O) groups excluding carboxylic acids is 1. The number of hydrogen-bond donors (Lipinski definition) is 0. The van der Waals surface area contributed by atoms with Gasteiger partial charge in [-0.25, -0.2) is 4.39 Å². The van der Waals surface area contributed by atoms with Crippen LogP contribution in [0.4, 0.5) is 4.39 Å². The Morgan fingerprint density at radius 2 is 1.93 bits per heavy atom. The van der Waals surface area contributed by atoms with Crippen LogP contribution >= 0.6 is 46.0 Å². The van der Waals surface area contributed by atoms with Crippen LogP contribution in [0.25, 0.3) is 6.08 Å². The minimum absolute atomic E-state index is 0.0258. The zero-order chi connectivity index (χ0) is 21.2. The van der Waals surface area contributed by atoms with Gasteiger partial charge in [-0.15, -0.1) is 11.0 Å². The van der Waals surface area contributed by atoms with Crippen LogP contribution in [0.5, 0.6) is 0 Å². The topological polar surface area (TPSA) is 66.8 Å². The molecule has 2 aromatic carbocycles. The summed E-state index contributed by atoms with van der Waals surface area (Å²) >= 11 is 8.52. The molecule has 1 saturated heterocycles. The highest BCUT2D eigenvalue weighted by Crippen LogP contribution is 2.34. The largest absolute Gasteiger partial charge is 0.284 e. The van der Waals surface area contributed by atoms with Gasteiger partial charge in [0, 0.05) is 20.7 Å². The van der Waals surface area contributed by atoms with Crippen LogP contribution in [0.3, 0.4) is 0 Å². The predicted molar refractivity (Wildman–Crippen MR) is 123 cm³/mol. The number of amidine groups is 1. The van der Waals surface area contributed by atoms with Gasteiger partial charge in [-0.3, -0.25) is 9.69 Å². The van der Waals surface area contributed by atoms with E-state index in [9.17, 15) is 17.6 Å². The van der Waals surface area contributed by atoms with Gasteiger partial charge < -0.3 is 0 Å². The van der Waals surface area contributed by atoms with Crippen molar-refractivity contribution in [2.24, 2.45) is 4.40 Å². The number of carbonyl (C=O) groups is 1. The van der Waals surface area contributed by atoms with Gasteiger partial charge in [-0.2, -0.15) is 8.42 Å². The van der Waals surface area contributed by atoms with Gasteiger partial charge in [0.1, 0.15) is 5.82 Å². The zero-order valence-electron chi connectivity index (χ0n) is 14.7. The van der Waals surface area contributed by atoms with Crippen LogP contribution in [-0.2, 0) is 14.8 Å². The molecule has 29 heavy (non-hydrogen) atoms. The SMILES string of the molecule is C=CCN1C(=O)C(=Cc2cccc(I)c2F)SC1=NS(=O)(=O)c1ccc(Cl)cc1. The minimum atomic E-state index is -4.07. The molecule has 2 aromatic rings. The Bertz CT molecular complexity index is 1150. The lowest BCUT2D eigenvalue weighted by Crippen LogP contribution is -2.29. The molecule has 1 heterocycles. The van der Waals surface area contributed by atoms with Gasteiger partial charge in [-0.05, 0) is 70.8 Å². The first-order chi connectivity index (χ1) is 13.7. The Hall–Kier alpha value is -1.69. The van der Waals surface area contributed by atoms with Crippen molar-refractivity contribution in [2.75, 3.05) is 6.54 Å². The van der Waals surface area contributed by atoms with Crippen LogP contribution < -0.4 is 0 Å². The molecule has 0 bridgehead atoms. The Morgan fingerprint density at radius 1 is 1.24 bits per heavy atom. The maximum atomic E-state index is 14.3. The number of amides is 1. The van der Waals surface area contributed by atoms with E-state index in [4.69, 9.17) is 11.6 Å². The second kappa shape index (κ2) is 8.99. The lowest BCUT2D eigenvalue weighted by molar-refractivity contribution is -0.121. The molecule has 0 aromatic heterocycles. The molecule has 1 aliphatic rings. The van der Waals surface area contributed by atoms with E-state index in [2.05, 4.69) is 11.0 Å². The summed E-state index contributed by atoms with van der Waals surface area (Å²) in [5, 5.41) is 0.363. The average molecular weight is 563 g/mol. The second-order valence-electron chi connectivity index (χ2n) is 5.76. The normalized spacial score (nSPS) is 17.3. The lowest BCUT2D eigenvalue weighted by atomic mass is 10.2. The fourth-order valence-corrected chi connectivity index (χ4v) is 5.23. The van der Waals surface area contributed by atoms with E-state index in [-0.39, 0.29) is 27.1 Å². The van der Waals surface area contributed by atoms with Crippen LogP contribution in [-0.4, -0.2) is 30.9 Å². The number of sulfonamides is 1. The van der Waals surface area contributed by atoms with Crippen molar-refractivity contribution in [1.29, 1.82) is 0 Å². The highest BCUT2D eigenvalue weighted by molar-refractivity contribution is 14.1. The van der Waals surface area contributed by atoms with E-state index in [0.29, 0.717) is 8.59 Å². The van der Waals surface area contributed by atoms with Gasteiger partial charge >= 0.3 is 0 Å². The van der Waals surface area contributed by atoms with Crippen molar-refractivity contribution < 1.29 is 17.6 Å². The van der Waals surface area contributed by atoms with E-state index in [1.165, 1.54) is 47.4 Å². The molecule has 0 saturated carbocycles. The summed E-state index contributed by atoms with van der Waals surface area (Å²) in [5.41, 5.74) is 0.230. The number of halogens is 3. The van der Waals surface area contributed by atoms with E-state index in [1.54, 1.807) is 12.1 Å². The van der Waals surface area contributed by atoms with E-state index < -0.39 is 21.7 Å². The van der Waals surface area contributed by atoms with Crippen molar-refractivity contribution in [2.45, 2.75) is 4.90 Å². The molecule has 1 fully saturated rings. The van der Waals surface area contributed by atoms with Crippen LogP contribution in [0, 0.1) is 9.39 Å². The quantitative estimate of drug-likeness (QED) is 0.294. The number of thioether (sulfide) groups is 1. The number of hydrogen-bond acceptors (Lipinski definition) is 4. The smallest absolute Gasteiger partial charge is 0.282 e. The zero-order valence-corrected chi connectivity index (χ0v) is 19.2. The second-order valence-corrected chi connectivity index (χ2v) is 9.97. The lowest BCUT2D eigenvalue weighted by Gasteiger charge is -2.12. The standard InChI is InChI=1S/C19H13ClFIN2O3S2/c1-2-10-24-18(25)16(11-12-4-3-5-15(22)17(12)21)28-19(24)23-29(26,27)14-8-6-13(20)7-9-14/h2-9,11H,1,10H2. The van der Waals surface area contributed by atoms with E-state index in [0.717, 1.165) is 11.8 Å². The fourth-order valence-electron chi connectivity index (χ4n) is 2.40. The first kappa shape index (κ1) is 22.0. The minimum Gasteiger partial charge on any atom is -0.282 e. The summed E-state index contributed by atoms with van der Waals surface area (Å²) in [6, 6.07) is 10.4. The Balaban J connectivity index is 2.02. The van der Waals surface area contributed by atoms with Crippen molar-refractivity contribution in [3.8, 4) is 0 Å². The molecule has 150 valence electrons. The van der Waals surface area contributed by atoms with Crippen molar-refractivity contribution in [3.63, 3.8) is 0 Å². The van der Waals surface area contributed by atoms with Crippen molar-refractivity contribution >= 4 is 73.1 Å². The molecule has 1 aliphatic heterocycles. The molecule has 10 heteroatoms. The molecular weight excluding hydrogens is 550 g/mol. The summed E-state index contributed by atoms with van der Waals surface area (Å²) in [6.45, 7) is 3.65. The molecule has 0 aliphatic carbocycles. The van der Waals surface area contributed by atoms with Gasteiger partial charge in [0.05, 0.1) is 9.80 Å². The van der Waals surface area contributed by atoms with Gasteiger partial charge in [0.2, 0.25) is 0 Å². The number of benzene rings is 2. The fraction of sp³-hybridized carbons (Fsp3) is 0.0526. The molecule has 5 nitrogen and oxygen atoms in total. The summed E-state index contributed by atoms with van der Waals surface area (Å²) in [6.07, 6.45) is 2.84. The monoisotopic (exact) mass is 562 g/mol. The maximum Gasteiger partial charge on any atom is 0.284 e. The summed E-state index contributed by atoms with van der Waals surface area (Å²) in [4.78, 5) is 14.0. The Morgan fingerprint density at radius 3 is 2.59 bits per heavy atom. The molecule has 0 N–H and O–H groups in total.